The Bertz CT molecular complexity index is 1290. The van der Waals surface area contributed by atoms with Crippen molar-refractivity contribution in [2.75, 3.05) is 11.5 Å². The smallest absolute Gasteiger partial charge is 0.265 e. The summed E-state index contributed by atoms with van der Waals surface area (Å²) < 4.78 is 39.5. The molecule has 10 heteroatoms. The van der Waals surface area contributed by atoms with Crippen LogP contribution in [0, 0.1) is 6.92 Å². The van der Waals surface area contributed by atoms with E-state index in [0.29, 0.717) is 34.6 Å². The number of benzene rings is 2. The third-order valence-electron chi connectivity index (χ3n) is 6.04. The summed E-state index contributed by atoms with van der Waals surface area (Å²) in [6.07, 6.45) is 3.23. The van der Waals surface area contributed by atoms with E-state index in [0.717, 1.165) is 24.8 Å². The fourth-order valence-electron chi connectivity index (χ4n) is 3.94. The van der Waals surface area contributed by atoms with Crippen LogP contribution in [0.1, 0.15) is 48.0 Å². The Labute approximate surface area is 191 Å². The minimum atomic E-state index is -3.79. The lowest BCUT2D eigenvalue weighted by Crippen LogP contribution is -2.38. The van der Waals surface area contributed by atoms with Crippen LogP contribution in [0.2, 0.25) is 0 Å². The van der Waals surface area contributed by atoms with E-state index in [4.69, 9.17) is 9.26 Å². The normalized spacial score (nSPS) is 16.3. The van der Waals surface area contributed by atoms with Crippen LogP contribution in [0.4, 0.5) is 5.69 Å². The van der Waals surface area contributed by atoms with Crippen molar-refractivity contribution in [3.05, 3.63) is 65.3 Å². The van der Waals surface area contributed by atoms with Crippen LogP contribution in [-0.2, 0) is 27.9 Å². The number of amides is 1. The largest absolute Gasteiger partial charge is 0.482 e. The fraction of sp³-hybridized carbons (Fsp3) is 0.348. The summed E-state index contributed by atoms with van der Waals surface area (Å²) in [6.45, 7) is 1.80. The molecule has 2 heterocycles. The van der Waals surface area contributed by atoms with Crippen LogP contribution in [0.25, 0.3) is 0 Å². The van der Waals surface area contributed by atoms with Crippen molar-refractivity contribution in [2.24, 2.45) is 0 Å². The Morgan fingerprint density at radius 2 is 1.97 bits per heavy atom. The van der Waals surface area contributed by atoms with Crippen LogP contribution in [-0.4, -0.2) is 31.1 Å². The first-order chi connectivity index (χ1) is 15.9. The molecule has 1 N–H and O–H groups in total. The van der Waals surface area contributed by atoms with E-state index in [1.54, 1.807) is 13.0 Å². The molecular formula is C23H24N4O5S. The molecule has 9 nitrogen and oxygen atoms in total. The number of aryl methyl sites for hydroxylation is 1. The zero-order chi connectivity index (χ0) is 23.0. The Morgan fingerprint density at radius 1 is 1.18 bits per heavy atom. The number of fused-ring (bicyclic) bond motifs is 1. The zero-order valence-electron chi connectivity index (χ0n) is 18.2. The second-order valence-corrected chi connectivity index (χ2v) is 10.1. The molecule has 0 radical (unpaired) electrons. The fourth-order valence-corrected chi connectivity index (χ4v) is 5.20. The second-order valence-electron chi connectivity index (χ2n) is 8.34. The van der Waals surface area contributed by atoms with Gasteiger partial charge in [-0.05, 0) is 37.0 Å². The van der Waals surface area contributed by atoms with Crippen molar-refractivity contribution in [3.8, 4) is 5.75 Å². The highest BCUT2D eigenvalue weighted by atomic mass is 32.2. The van der Waals surface area contributed by atoms with Gasteiger partial charge in [0.1, 0.15) is 5.75 Å². The summed E-state index contributed by atoms with van der Waals surface area (Å²) >= 11 is 0. The molecule has 1 aliphatic carbocycles. The minimum Gasteiger partial charge on any atom is -0.482 e. The number of nitrogens with one attached hydrogen (secondary N) is 1. The van der Waals surface area contributed by atoms with Crippen LogP contribution < -0.4 is 14.4 Å². The standard InChI is InChI=1S/C23H24N4O5S/c1-15-10-18-19(11-20(15)33(29,30)24-12-16-6-3-2-4-7-16)31-14-22(28)27(18)13-21-25-23(32-26-21)17-8-5-9-17/h2-4,6-7,10-11,17,24H,5,8-9,12-14H2,1H3. The minimum absolute atomic E-state index is 0.110. The first kappa shape index (κ1) is 21.6. The first-order valence-corrected chi connectivity index (χ1v) is 12.3. The lowest BCUT2D eigenvalue weighted by molar-refractivity contribution is -0.121. The summed E-state index contributed by atoms with van der Waals surface area (Å²) in [5.74, 6) is 1.39. The molecule has 1 aromatic heterocycles. The Hall–Kier alpha value is -3.24. The molecule has 1 saturated carbocycles. The molecule has 5 rings (SSSR count). The van der Waals surface area contributed by atoms with E-state index < -0.39 is 10.0 Å². The van der Waals surface area contributed by atoms with Crippen molar-refractivity contribution in [1.82, 2.24) is 14.9 Å². The monoisotopic (exact) mass is 468 g/mol. The van der Waals surface area contributed by atoms with E-state index in [9.17, 15) is 13.2 Å². The summed E-state index contributed by atoms with van der Waals surface area (Å²) in [7, 11) is -3.79. The van der Waals surface area contributed by atoms with Gasteiger partial charge in [0.2, 0.25) is 15.9 Å². The number of anilines is 1. The van der Waals surface area contributed by atoms with Gasteiger partial charge < -0.3 is 9.26 Å². The Kier molecular flexibility index (Phi) is 5.63. The van der Waals surface area contributed by atoms with Gasteiger partial charge in [-0.2, -0.15) is 4.98 Å². The van der Waals surface area contributed by atoms with Gasteiger partial charge in [0, 0.05) is 18.5 Å². The average molecular weight is 469 g/mol. The third kappa shape index (κ3) is 4.36. The molecule has 172 valence electrons. The topological polar surface area (TPSA) is 115 Å². The lowest BCUT2D eigenvalue weighted by atomic mass is 9.85. The van der Waals surface area contributed by atoms with Gasteiger partial charge in [-0.3, -0.25) is 9.69 Å². The molecule has 0 bridgehead atoms. The summed E-state index contributed by atoms with van der Waals surface area (Å²) in [6, 6.07) is 12.4. The number of nitrogens with zero attached hydrogens (tertiary/aromatic N) is 3. The van der Waals surface area contributed by atoms with Crippen molar-refractivity contribution < 1.29 is 22.5 Å². The van der Waals surface area contributed by atoms with E-state index in [2.05, 4.69) is 14.9 Å². The van der Waals surface area contributed by atoms with Crippen LogP contribution in [0.15, 0.2) is 51.9 Å². The maximum atomic E-state index is 13.0. The average Bonchev–Trinajstić information content (AvgIpc) is 3.21. The number of carbonyl (C=O) groups is 1. The third-order valence-corrected chi connectivity index (χ3v) is 7.58. The molecular weight excluding hydrogens is 444 g/mol. The number of ether oxygens (including phenoxy) is 1. The maximum Gasteiger partial charge on any atom is 0.265 e. The van der Waals surface area contributed by atoms with Crippen LogP contribution >= 0.6 is 0 Å². The molecule has 2 aliphatic rings. The van der Waals surface area contributed by atoms with E-state index >= 15 is 0 Å². The molecule has 0 unspecified atom stereocenters. The zero-order valence-corrected chi connectivity index (χ0v) is 19.0. The highest BCUT2D eigenvalue weighted by Gasteiger charge is 2.31. The Morgan fingerprint density at radius 3 is 2.70 bits per heavy atom. The van der Waals surface area contributed by atoms with Crippen molar-refractivity contribution in [1.29, 1.82) is 0 Å². The second kappa shape index (κ2) is 8.60. The summed E-state index contributed by atoms with van der Waals surface area (Å²) in [5.41, 5.74) is 1.84. The van der Waals surface area contributed by atoms with Gasteiger partial charge in [-0.1, -0.05) is 41.9 Å². The molecule has 1 fully saturated rings. The molecule has 0 spiro atoms. The quantitative estimate of drug-likeness (QED) is 0.567. The van der Waals surface area contributed by atoms with Crippen molar-refractivity contribution in [2.45, 2.75) is 50.1 Å². The molecule has 3 aromatic rings. The number of carbonyl (C=O) groups excluding carboxylic acids is 1. The molecule has 1 amide bonds. The van der Waals surface area contributed by atoms with Gasteiger partial charge in [0.25, 0.3) is 5.91 Å². The van der Waals surface area contributed by atoms with E-state index in [1.165, 1.54) is 11.0 Å². The van der Waals surface area contributed by atoms with Gasteiger partial charge in [0.05, 0.1) is 17.1 Å². The molecule has 33 heavy (non-hydrogen) atoms. The molecule has 2 aromatic carbocycles. The van der Waals surface area contributed by atoms with Gasteiger partial charge in [-0.15, -0.1) is 0 Å². The van der Waals surface area contributed by atoms with Gasteiger partial charge in [-0.25, -0.2) is 13.1 Å². The van der Waals surface area contributed by atoms with Gasteiger partial charge in [0.15, 0.2) is 12.4 Å². The highest BCUT2D eigenvalue weighted by molar-refractivity contribution is 7.89. The van der Waals surface area contributed by atoms with Crippen molar-refractivity contribution in [3.63, 3.8) is 0 Å². The molecule has 0 atom stereocenters. The SMILES string of the molecule is Cc1cc2c(cc1S(=O)(=O)NCc1ccccc1)OCC(=O)N2Cc1noc(C2CCC2)n1. The van der Waals surface area contributed by atoms with Crippen molar-refractivity contribution >= 4 is 21.6 Å². The Balaban J connectivity index is 1.39. The van der Waals surface area contributed by atoms with E-state index in [1.807, 2.05) is 30.3 Å². The van der Waals surface area contributed by atoms with E-state index in [-0.39, 0.29) is 30.5 Å². The maximum absolute atomic E-state index is 13.0. The summed E-state index contributed by atoms with van der Waals surface area (Å²) in [4.78, 5) is 18.7. The number of rotatable bonds is 7. The molecule has 1 aliphatic heterocycles. The number of hydrogen-bond donors (Lipinski definition) is 1. The number of hydrogen-bond acceptors (Lipinski definition) is 7. The predicted octanol–water partition coefficient (Wildman–Crippen LogP) is 3.05. The lowest BCUT2D eigenvalue weighted by Gasteiger charge is -2.29. The number of sulfonamides is 1. The number of aromatic nitrogens is 2. The van der Waals surface area contributed by atoms with Gasteiger partial charge >= 0.3 is 0 Å². The highest BCUT2D eigenvalue weighted by Crippen LogP contribution is 2.38. The first-order valence-electron chi connectivity index (χ1n) is 10.8. The molecule has 0 saturated heterocycles. The summed E-state index contributed by atoms with van der Waals surface area (Å²) in [5, 5.41) is 4.03. The van der Waals surface area contributed by atoms with Crippen LogP contribution in [0.3, 0.4) is 0 Å². The predicted molar refractivity (Wildman–Crippen MR) is 119 cm³/mol. The van der Waals surface area contributed by atoms with Crippen LogP contribution in [0.5, 0.6) is 5.75 Å².